The molecule has 1 aromatic carbocycles. The Morgan fingerprint density at radius 3 is 2.11 bits per heavy atom. The van der Waals surface area contributed by atoms with E-state index in [0.29, 0.717) is 24.8 Å². The number of alkyl halides is 3. The van der Waals surface area contributed by atoms with Crippen LogP contribution in [0.2, 0.25) is 0 Å². The average Bonchev–Trinajstić information content (AvgIpc) is 2.29. The Morgan fingerprint density at radius 2 is 1.72 bits per heavy atom. The molecule has 1 unspecified atom stereocenters. The summed E-state index contributed by atoms with van der Waals surface area (Å²) in [6.07, 6.45) is -4.31. The summed E-state index contributed by atoms with van der Waals surface area (Å²) in [6, 6.07) is 4.69. The minimum absolute atomic E-state index is 0.201. The molecule has 0 heterocycles. The molecule has 0 bridgehead atoms. The van der Waals surface area contributed by atoms with Crippen LogP contribution >= 0.6 is 0 Å². The number of benzene rings is 1. The predicted octanol–water partition coefficient (Wildman–Crippen LogP) is 3.32. The molecule has 1 atom stereocenters. The zero-order valence-corrected chi connectivity index (χ0v) is 10.5. The molecule has 1 rings (SSSR count). The summed E-state index contributed by atoms with van der Waals surface area (Å²) in [5.74, 6) is 1.01. The van der Waals surface area contributed by atoms with Crippen molar-refractivity contribution >= 4 is 0 Å². The number of nitrogens with two attached hydrogens (primary N) is 1. The number of hydrogen-bond acceptors (Lipinski definition) is 2. The molecule has 0 spiro atoms. The lowest BCUT2D eigenvalue weighted by molar-refractivity contribution is -0.137. The van der Waals surface area contributed by atoms with Gasteiger partial charge in [-0.2, -0.15) is 13.2 Å². The zero-order valence-electron chi connectivity index (χ0n) is 10.5. The first-order valence-corrected chi connectivity index (χ1v) is 5.84. The van der Waals surface area contributed by atoms with Crippen LogP contribution in [0.25, 0.3) is 0 Å². The van der Waals surface area contributed by atoms with Crippen LogP contribution in [-0.4, -0.2) is 13.2 Å². The zero-order chi connectivity index (χ0) is 13.8. The van der Waals surface area contributed by atoms with E-state index in [0.717, 1.165) is 12.1 Å². The second-order valence-electron chi connectivity index (χ2n) is 4.57. The summed E-state index contributed by atoms with van der Waals surface area (Å²) in [5, 5.41) is 0. The van der Waals surface area contributed by atoms with Crippen molar-refractivity contribution < 1.29 is 17.9 Å². The van der Waals surface area contributed by atoms with Gasteiger partial charge >= 0.3 is 6.18 Å². The summed E-state index contributed by atoms with van der Waals surface area (Å²) in [5.41, 5.74) is 4.92. The van der Waals surface area contributed by atoms with E-state index in [-0.39, 0.29) is 5.92 Å². The van der Waals surface area contributed by atoms with Crippen LogP contribution in [0, 0.1) is 11.8 Å². The van der Waals surface area contributed by atoms with Gasteiger partial charge in [0.15, 0.2) is 0 Å². The van der Waals surface area contributed by atoms with Crippen molar-refractivity contribution in [2.75, 3.05) is 13.2 Å². The van der Waals surface area contributed by atoms with E-state index in [1.165, 1.54) is 12.1 Å². The van der Waals surface area contributed by atoms with Gasteiger partial charge in [-0.05, 0) is 36.7 Å². The topological polar surface area (TPSA) is 35.2 Å². The smallest absolute Gasteiger partial charge is 0.416 e. The molecule has 0 saturated heterocycles. The van der Waals surface area contributed by atoms with Gasteiger partial charge in [0.1, 0.15) is 5.75 Å². The third-order valence-corrected chi connectivity index (χ3v) is 2.89. The van der Waals surface area contributed by atoms with Crippen molar-refractivity contribution in [2.24, 2.45) is 17.6 Å². The second-order valence-corrected chi connectivity index (χ2v) is 4.57. The van der Waals surface area contributed by atoms with E-state index in [4.69, 9.17) is 10.5 Å². The van der Waals surface area contributed by atoms with Crippen LogP contribution in [0.15, 0.2) is 24.3 Å². The minimum Gasteiger partial charge on any atom is -0.493 e. The van der Waals surface area contributed by atoms with Gasteiger partial charge in [0.05, 0.1) is 12.2 Å². The molecule has 0 amide bonds. The molecule has 0 fully saturated rings. The largest absolute Gasteiger partial charge is 0.493 e. The molecule has 2 nitrogen and oxygen atoms in total. The van der Waals surface area contributed by atoms with Gasteiger partial charge in [0, 0.05) is 5.92 Å². The van der Waals surface area contributed by atoms with Crippen LogP contribution in [0.1, 0.15) is 19.4 Å². The lowest BCUT2D eigenvalue weighted by Gasteiger charge is -2.19. The third-order valence-electron chi connectivity index (χ3n) is 2.89. The molecule has 18 heavy (non-hydrogen) atoms. The Bertz CT molecular complexity index is 359. The number of hydrogen-bond donors (Lipinski definition) is 1. The molecule has 0 aliphatic heterocycles. The molecule has 2 N–H and O–H groups in total. The van der Waals surface area contributed by atoms with Gasteiger partial charge in [-0.1, -0.05) is 13.8 Å². The minimum atomic E-state index is -4.31. The lowest BCUT2D eigenvalue weighted by atomic mass is 9.97. The Balaban J connectivity index is 2.59. The predicted molar refractivity (Wildman–Crippen MR) is 64.3 cm³/mol. The summed E-state index contributed by atoms with van der Waals surface area (Å²) >= 11 is 0. The first-order chi connectivity index (χ1) is 8.34. The first-order valence-electron chi connectivity index (χ1n) is 5.84. The molecule has 0 radical (unpaired) electrons. The lowest BCUT2D eigenvalue weighted by Crippen LogP contribution is -2.26. The monoisotopic (exact) mass is 261 g/mol. The van der Waals surface area contributed by atoms with Gasteiger partial charge in [-0.3, -0.25) is 0 Å². The maximum absolute atomic E-state index is 12.3. The summed E-state index contributed by atoms with van der Waals surface area (Å²) in [7, 11) is 0. The molecule has 0 saturated carbocycles. The van der Waals surface area contributed by atoms with Crippen molar-refractivity contribution in [3.8, 4) is 5.75 Å². The molecule has 0 aliphatic rings. The molecular formula is C13H18F3NO. The average molecular weight is 261 g/mol. The summed E-state index contributed by atoms with van der Waals surface area (Å²) in [4.78, 5) is 0. The second kappa shape index (κ2) is 6.09. The Hall–Kier alpha value is -1.23. The van der Waals surface area contributed by atoms with Crippen molar-refractivity contribution in [3.05, 3.63) is 29.8 Å². The van der Waals surface area contributed by atoms with E-state index < -0.39 is 11.7 Å². The highest BCUT2D eigenvalue weighted by molar-refractivity contribution is 5.28. The highest BCUT2D eigenvalue weighted by Gasteiger charge is 2.30. The highest BCUT2D eigenvalue weighted by atomic mass is 19.4. The van der Waals surface area contributed by atoms with Crippen molar-refractivity contribution in [3.63, 3.8) is 0 Å². The van der Waals surface area contributed by atoms with E-state index in [1.54, 1.807) is 0 Å². The maximum atomic E-state index is 12.3. The normalized spacial score (nSPS) is 13.7. The SMILES string of the molecule is CC(C)C(CN)COc1ccc(C(F)(F)F)cc1. The number of ether oxygens (including phenoxy) is 1. The quantitative estimate of drug-likeness (QED) is 0.882. The molecule has 0 aromatic heterocycles. The van der Waals surface area contributed by atoms with Crippen LogP contribution in [0.5, 0.6) is 5.75 Å². The first kappa shape index (κ1) is 14.8. The van der Waals surface area contributed by atoms with E-state index in [1.807, 2.05) is 13.8 Å². The summed E-state index contributed by atoms with van der Waals surface area (Å²) in [6.45, 7) is 4.99. The Kier molecular flexibility index (Phi) is 5.02. The fourth-order valence-corrected chi connectivity index (χ4v) is 1.48. The van der Waals surface area contributed by atoms with Gasteiger partial charge < -0.3 is 10.5 Å². The molecule has 102 valence electrons. The molecule has 0 aliphatic carbocycles. The standard InChI is InChI=1S/C13H18F3NO/c1-9(2)10(7-17)8-18-12-5-3-11(4-6-12)13(14,15)16/h3-6,9-10H,7-8,17H2,1-2H3. The fourth-order valence-electron chi connectivity index (χ4n) is 1.48. The van der Waals surface area contributed by atoms with Gasteiger partial charge in [0.25, 0.3) is 0 Å². The molecule has 1 aromatic rings. The van der Waals surface area contributed by atoms with Gasteiger partial charge in [-0.15, -0.1) is 0 Å². The van der Waals surface area contributed by atoms with E-state index >= 15 is 0 Å². The molecule has 5 heteroatoms. The van der Waals surface area contributed by atoms with Crippen LogP contribution < -0.4 is 10.5 Å². The van der Waals surface area contributed by atoms with Gasteiger partial charge in [0.2, 0.25) is 0 Å². The highest BCUT2D eigenvalue weighted by Crippen LogP contribution is 2.30. The van der Waals surface area contributed by atoms with Crippen LogP contribution in [0.3, 0.4) is 0 Å². The van der Waals surface area contributed by atoms with Crippen molar-refractivity contribution in [1.29, 1.82) is 0 Å². The van der Waals surface area contributed by atoms with Crippen molar-refractivity contribution in [1.82, 2.24) is 0 Å². The van der Waals surface area contributed by atoms with Crippen molar-refractivity contribution in [2.45, 2.75) is 20.0 Å². The van der Waals surface area contributed by atoms with Crippen LogP contribution in [0.4, 0.5) is 13.2 Å². The Labute approximate surface area is 105 Å². The molecular weight excluding hydrogens is 243 g/mol. The summed E-state index contributed by atoms with van der Waals surface area (Å²) < 4.78 is 42.5. The van der Waals surface area contributed by atoms with E-state index in [9.17, 15) is 13.2 Å². The number of halogens is 3. The van der Waals surface area contributed by atoms with Crippen LogP contribution in [-0.2, 0) is 6.18 Å². The maximum Gasteiger partial charge on any atom is 0.416 e. The van der Waals surface area contributed by atoms with Gasteiger partial charge in [-0.25, -0.2) is 0 Å². The van der Waals surface area contributed by atoms with E-state index in [2.05, 4.69) is 0 Å². The Morgan fingerprint density at radius 1 is 1.17 bits per heavy atom. The fraction of sp³-hybridized carbons (Fsp3) is 0.538. The number of rotatable bonds is 5. The third kappa shape index (κ3) is 4.22.